The van der Waals surface area contributed by atoms with Gasteiger partial charge in [-0.3, -0.25) is 4.79 Å². The zero-order valence-corrected chi connectivity index (χ0v) is 16.3. The molecule has 0 spiro atoms. The summed E-state index contributed by atoms with van der Waals surface area (Å²) in [5.74, 6) is -0.211. The lowest BCUT2D eigenvalue weighted by atomic mass is 9.99. The Morgan fingerprint density at radius 3 is 2.57 bits per heavy atom. The molecule has 0 aliphatic heterocycles. The number of aliphatic carboxylic acids is 1. The Kier molecular flexibility index (Phi) is 5.12. The standard InChI is InChI=1S/C23H16Cl2O3/c24-16-8-9-17(20(25)12-16)15-5-3-4-14(10-15)11-22-19(13-23(26)27)18-6-1-2-7-21(18)28-22/h1-10,12H,11,13H2,(H,26,27). The van der Waals surface area contributed by atoms with Gasteiger partial charge in [0.05, 0.1) is 6.42 Å². The minimum Gasteiger partial charge on any atom is -0.481 e. The third-order valence-electron chi connectivity index (χ3n) is 4.64. The molecule has 0 saturated heterocycles. The largest absolute Gasteiger partial charge is 0.481 e. The van der Waals surface area contributed by atoms with E-state index in [1.54, 1.807) is 12.1 Å². The minimum atomic E-state index is -0.880. The van der Waals surface area contributed by atoms with Crippen LogP contribution in [0.15, 0.2) is 71.1 Å². The molecule has 0 atom stereocenters. The molecule has 4 aromatic rings. The molecule has 1 aromatic heterocycles. The van der Waals surface area contributed by atoms with E-state index in [2.05, 4.69) is 0 Å². The van der Waals surface area contributed by atoms with Crippen LogP contribution in [0.4, 0.5) is 0 Å². The number of benzene rings is 3. The number of rotatable bonds is 5. The van der Waals surface area contributed by atoms with Gasteiger partial charge in [-0.25, -0.2) is 0 Å². The highest BCUT2D eigenvalue weighted by Crippen LogP contribution is 2.32. The van der Waals surface area contributed by atoms with Crippen molar-refractivity contribution in [3.63, 3.8) is 0 Å². The summed E-state index contributed by atoms with van der Waals surface area (Å²) in [5, 5.41) is 11.3. The molecule has 0 saturated carbocycles. The highest BCUT2D eigenvalue weighted by atomic mass is 35.5. The summed E-state index contributed by atoms with van der Waals surface area (Å²) < 4.78 is 5.98. The quantitative estimate of drug-likeness (QED) is 0.401. The Morgan fingerprint density at radius 2 is 1.79 bits per heavy atom. The summed E-state index contributed by atoms with van der Waals surface area (Å²) in [6, 6.07) is 20.9. The van der Waals surface area contributed by atoms with Crippen molar-refractivity contribution in [1.29, 1.82) is 0 Å². The summed E-state index contributed by atoms with van der Waals surface area (Å²) >= 11 is 12.3. The van der Waals surface area contributed by atoms with Crippen LogP contribution in [-0.2, 0) is 17.6 Å². The molecule has 0 amide bonds. The summed E-state index contributed by atoms with van der Waals surface area (Å²) in [5.41, 5.74) is 4.29. The Morgan fingerprint density at radius 1 is 0.964 bits per heavy atom. The van der Waals surface area contributed by atoms with Crippen molar-refractivity contribution in [2.75, 3.05) is 0 Å². The smallest absolute Gasteiger partial charge is 0.307 e. The molecule has 140 valence electrons. The minimum absolute atomic E-state index is 0.0744. The van der Waals surface area contributed by atoms with Gasteiger partial charge in [0.1, 0.15) is 11.3 Å². The molecule has 0 unspecified atom stereocenters. The van der Waals surface area contributed by atoms with Crippen LogP contribution in [-0.4, -0.2) is 11.1 Å². The highest BCUT2D eigenvalue weighted by molar-refractivity contribution is 6.36. The van der Waals surface area contributed by atoms with Gasteiger partial charge in [-0.1, -0.05) is 71.7 Å². The summed E-state index contributed by atoms with van der Waals surface area (Å²) in [7, 11) is 0. The van der Waals surface area contributed by atoms with Crippen LogP contribution in [0.2, 0.25) is 10.0 Å². The van der Waals surface area contributed by atoms with E-state index in [9.17, 15) is 9.90 Å². The summed E-state index contributed by atoms with van der Waals surface area (Å²) in [6.07, 6.45) is 0.422. The zero-order chi connectivity index (χ0) is 19.7. The van der Waals surface area contributed by atoms with E-state index in [1.165, 1.54) is 0 Å². The van der Waals surface area contributed by atoms with Crippen molar-refractivity contribution in [3.05, 3.63) is 93.7 Å². The van der Waals surface area contributed by atoms with E-state index in [0.717, 1.165) is 27.6 Å². The number of carbonyl (C=O) groups is 1. The van der Waals surface area contributed by atoms with Gasteiger partial charge >= 0.3 is 5.97 Å². The van der Waals surface area contributed by atoms with Crippen molar-refractivity contribution in [1.82, 2.24) is 0 Å². The van der Waals surface area contributed by atoms with Crippen LogP contribution < -0.4 is 0 Å². The lowest BCUT2D eigenvalue weighted by molar-refractivity contribution is -0.136. The van der Waals surface area contributed by atoms with Gasteiger partial charge in [0.15, 0.2) is 0 Å². The molecule has 0 radical (unpaired) electrons. The number of hydrogen-bond donors (Lipinski definition) is 1. The first-order valence-corrected chi connectivity index (χ1v) is 9.52. The number of hydrogen-bond acceptors (Lipinski definition) is 2. The predicted molar refractivity (Wildman–Crippen MR) is 112 cm³/mol. The molecule has 0 aliphatic carbocycles. The number of para-hydroxylation sites is 1. The van der Waals surface area contributed by atoms with Gasteiger partial charge in [0, 0.05) is 33.0 Å². The van der Waals surface area contributed by atoms with Gasteiger partial charge < -0.3 is 9.52 Å². The Bertz CT molecular complexity index is 1180. The van der Waals surface area contributed by atoms with Crippen LogP contribution in [0.25, 0.3) is 22.1 Å². The maximum Gasteiger partial charge on any atom is 0.307 e. The molecular weight excluding hydrogens is 395 g/mol. The molecule has 0 aliphatic rings. The summed E-state index contributed by atoms with van der Waals surface area (Å²) in [6.45, 7) is 0. The van der Waals surface area contributed by atoms with Crippen LogP contribution in [0.5, 0.6) is 0 Å². The molecule has 0 fully saturated rings. The Hall–Kier alpha value is -2.75. The van der Waals surface area contributed by atoms with Gasteiger partial charge in [0.25, 0.3) is 0 Å². The van der Waals surface area contributed by atoms with E-state index in [0.29, 0.717) is 27.8 Å². The number of furan rings is 1. The lowest BCUT2D eigenvalue weighted by Gasteiger charge is -2.08. The number of halogens is 2. The lowest BCUT2D eigenvalue weighted by Crippen LogP contribution is -2.02. The average Bonchev–Trinajstić information content (AvgIpc) is 2.99. The van der Waals surface area contributed by atoms with Crippen LogP contribution >= 0.6 is 23.2 Å². The van der Waals surface area contributed by atoms with E-state index in [1.807, 2.05) is 54.6 Å². The van der Waals surface area contributed by atoms with Crippen LogP contribution in [0.1, 0.15) is 16.9 Å². The molecule has 0 bridgehead atoms. The van der Waals surface area contributed by atoms with Crippen molar-refractivity contribution < 1.29 is 14.3 Å². The number of fused-ring (bicyclic) bond motifs is 1. The fourth-order valence-corrected chi connectivity index (χ4v) is 3.91. The van der Waals surface area contributed by atoms with Gasteiger partial charge in [-0.05, 0) is 29.3 Å². The Balaban J connectivity index is 1.73. The molecule has 3 nitrogen and oxygen atoms in total. The third-order valence-corrected chi connectivity index (χ3v) is 5.19. The molecule has 5 heteroatoms. The second-order valence-electron chi connectivity index (χ2n) is 6.57. The van der Waals surface area contributed by atoms with Crippen molar-refractivity contribution in [3.8, 4) is 11.1 Å². The molecule has 28 heavy (non-hydrogen) atoms. The SMILES string of the molecule is O=C(O)Cc1c(Cc2cccc(-c3ccc(Cl)cc3Cl)c2)oc2ccccc12. The van der Waals surface area contributed by atoms with Crippen LogP contribution in [0, 0.1) is 0 Å². The number of carboxylic acids is 1. The monoisotopic (exact) mass is 410 g/mol. The second-order valence-corrected chi connectivity index (χ2v) is 7.42. The topological polar surface area (TPSA) is 50.4 Å². The molecule has 3 aromatic carbocycles. The first kappa shape index (κ1) is 18.6. The fraction of sp³-hybridized carbons (Fsp3) is 0.0870. The van der Waals surface area contributed by atoms with Crippen molar-refractivity contribution >= 4 is 40.1 Å². The molecule has 1 N–H and O–H groups in total. The zero-order valence-electron chi connectivity index (χ0n) is 14.8. The van der Waals surface area contributed by atoms with Gasteiger partial charge in [0.2, 0.25) is 0 Å². The molecule has 1 heterocycles. The van der Waals surface area contributed by atoms with Crippen molar-refractivity contribution in [2.24, 2.45) is 0 Å². The number of carboxylic acid groups (broad SMARTS) is 1. The first-order chi connectivity index (χ1) is 13.5. The van der Waals surface area contributed by atoms with E-state index in [4.69, 9.17) is 27.6 Å². The first-order valence-electron chi connectivity index (χ1n) is 8.76. The maximum atomic E-state index is 11.4. The van der Waals surface area contributed by atoms with E-state index < -0.39 is 5.97 Å². The molecular formula is C23H16Cl2O3. The third kappa shape index (κ3) is 3.77. The average molecular weight is 411 g/mol. The molecule has 4 rings (SSSR count). The van der Waals surface area contributed by atoms with E-state index >= 15 is 0 Å². The van der Waals surface area contributed by atoms with Gasteiger partial charge in [-0.2, -0.15) is 0 Å². The van der Waals surface area contributed by atoms with Crippen molar-refractivity contribution in [2.45, 2.75) is 12.8 Å². The summed E-state index contributed by atoms with van der Waals surface area (Å²) in [4.78, 5) is 11.4. The fourth-order valence-electron chi connectivity index (χ4n) is 3.40. The second kappa shape index (κ2) is 7.70. The Labute approximate surface area is 172 Å². The highest BCUT2D eigenvalue weighted by Gasteiger charge is 2.17. The normalized spacial score (nSPS) is 11.1. The predicted octanol–water partition coefficient (Wildman–Crippen LogP) is 6.62. The van der Waals surface area contributed by atoms with E-state index in [-0.39, 0.29) is 6.42 Å². The van der Waals surface area contributed by atoms with Gasteiger partial charge in [-0.15, -0.1) is 0 Å². The van der Waals surface area contributed by atoms with Crippen LogP contribution in [0.3, 0.4) is 0 Å². The maximum absolute atomic E-state index is 11.4.